The van der Waals surface area contributed by atoms with Crippen LogP contribution in [0.4, 0.5) is 8.78 Å². The largest absolute Gasteiger partial charge is 0.396 e. The van der Waals surface area contributed by atoms with Crippen molar-refractivity contribution in [3.8, 4) is 0 Å². The third-order valence-corrected chi connectivity index (χ3v) is 8.85. The lowest BCUT2D eigenvalue weighted by atomic mass is 9.92. The fourth-order valence-corrected chi connectivity index (χ4v) is 6.30. The number of benzene rings is 2. The van der Waals surface area contributed by atoms with Crippen LogP contribution < -0.4 is 10.6 Å². The Kier molecular flexibility index (Phi) is 16.1. The summed E-state index contributed by atoms with van der Waals surface area (Å²) >= 11 is 0. The van der Waals surface area contributed by atoms with Gasteiger partial charge in [0.05, 0.1) is 18.8 Å². The summed E-state index contributed by atoms with van der Waals surface area (Å²) in [4.78, 5) is 54.9. The van der Waals surface area contributed by atoms with E-state index in [-0.39, 0.29) is 67.7 Å². The number of aliphatic hydroxyl groups is 2. The number of carbonyl (C=O) groups excluding carboxylic acids is 4. The maximum atomic E-state index is 14.0. The zero-order chi connectivity index (χ0) is 35.9. The molecule has 1 saturated heterocycles. The van der Waals surface area contributed by atoms with Crippen LogP contribution in [0.1, 0.15) is 97.1 Å². The van der Waals surface area contributed by atoms with Gasteiger partial charge >= 0.3 is 0 Å². The van der Waals surface area contributed by atoms with Gasteiger partial charge in [-0.1, -0.05) is 13.8 Å². The number of nitrogens with one attached hydrogen (secondary N) is 2. The van der Waals surface area contributed by atoms with Crippen molar-refractivity contribution < 1.29 is 38.2 Å². The van der Waals surface area contributed by atoms with E-state index in [2.05, 4.69) is 10.6 Å². The number of amides is 4. The Morgan fingerprint density at radius 1 is 0.939 bits per heavy atom. The van der Waals surface area contributed by atoms with Crippen LogP contribution in [-0.2, 0) is 16.0 Å². The molecular weight excluding hydrogens is 634 g/mol. The van der Waals surface area contributed by atoms with Crippen LogP contribution in [0, 0.1) is 24.5 Å². The molecule has 3 rings (SSSR count). The van der Waals surface area contributed by atoms with Crippen molar-refractivity contribution in [3.63, 3.8) is 0 Å². The molecule has 270 valence electrons. The molecule has 12 heteroatoms. The number of halogens is 2. The second-order valence-electron chi connectivity index (χ2n) is 13.0. The first-order chi connectivity index (χ1) is 23.4. The maximum Gasteiger partial charge on any atom is 0.253 e. The van der Waals surface area contributed by atoms with Gasteiger partial charge in [0.15, 0.2) is 0 Å². The number of hydrogen-bond acceptors (Lipinski definition) is 6. The van der Waals surface area contributed by atoms with Gasteiger partial charge < -0.3 is 30.6 Å². The minimum absolute atomic E-state index is 0.0610. The van der Waals surface area contributed by atoms with E-state index in [1.807, 2.05) is 13.8 Å². The molecule has 2 atom stereocenters. The number of likely N-dealkylation sites (tertiary alicyclic amines) is 1. The highest BCUT2D eigenvalue weighted by molar-refractivity contribution is 6.00. The highest BCUT2D eigenvalue weighted by atomic mass is 19.1. The highest BCUT2D eigenvalue weighted by Gasteiger charge is 2.26. The Bertz CT molecular complexity index is 1390. The lowest BCUT2D eigenvalue weighted by molar-refractivity contribution is -0.133. The topological polar surface area (TPSA) is 139 Å². The average Bonchev–Trinajstić information content (AvgIpc) is 3.06. The highest BCUT2D eigenvalue weighted by Crippen LogP contribution is 2.22. The summed E-state index contributed by atoms with van der Waals surface area (Å²) in [6.07, 6.45) is 3.05. The molecule has 4 amide bonds. The van der Waals surface area contributed by atoms with Gasteiger partial charge in [0, 0.05) is 62.8 Å². The van der Waals surface area contributed by atoms with Gasteiger partial charge in [-0.25, -0.2) is 8.78 Å². The predicted octanol–water partition coefficient (Wildman–Crippen LogP) is 4.14. The SMILES string of the molecule is CCCN(CCC)C(=O)c1cc(C)cc(C(=O)N[C@@H](Cc2cc(F)cc(F)c2)[C@H](O)CCNC(=O)CCC2CCN(C(=O)CCO)CC2)c1. The first kappa shape index (κ1) is 39.5. The number of aliphatic hydroxyl groups excluding tert-OH is 2. The van der Waals surface area contributed by atoms with Crippen LogP contribution in [0.5, 0.6) is 0 Å². The molecule has 0 bridgehead atoms. The van der Waals surface area contributed by atoms with Crippen molar-refractivity contribution in [1.29, 1.82) is 0 Å². The Labute approximate surface area is 288 Å². The Morgan fingerprint density at radius 2 is 1.57 bits per heavy atom. The number of nitrogens with zero attached hydrogens (tertiary/aromatic N) is 2. The molecule has 10 nitrogen and oxygen atoms in total. The average molecular weight is 687 g/mol. The number of rotatable bonds is 18. The predicted molar refractivity (Wildman–Crippen MR) is 183 cm³/mol. The molecule has 0 aliphatic carbocycles. The van der Waals surface area contributed by atoms with Gasteiger partial charge in [-0.3, -0.25) is 19.2 Å². The van der Waals surface area contributed by atoms with E-state index < -0.39 is 29.7 Å². The van der Waals surface area contributed by atoms with Gasteiger partial charge in [0.1, 0.15) is 11.6 Å². The van der Waals surface area contributed by atoms with E-state index in [1.54, 1.807) is 28.9 Å². The molecule has 1 aliphatic heterocycles. The summed E-state index contributed by atoms with van der Waals surface area (Å²) in [7, 11) is 0. The molecule has 0 aromatic heterocycles. The van der Waals surface area contributed by atoms with Crippen LogP contribution in [0.3, 0.4) is 0 Å². The van der Waals surface area contributed by atoms with Crippen molar-refractivity contribution in [2.45, 2.75) is 90.7 Å². The zero-order valence-corrected chi connectivity index (χ0v) is 29.0. The standard InChI is InChI=1S/C37H52F2N4O6/c1-4-13-43(14-5-2)37(49)29-19-25(3)18-28(23-29)36(48)41-32(22-27-20-30(38)24-31(39)21-27)33(45)8-12-40-34(46)7-6-26-9-15-42(16-10-26)35(47)11-17-44/h18-21,23-24,26,32-33,44-45H,4-17,22H2,1-3H3,(H,40,46)(H,41,48)/t32-,33+/m0/s1. The first-order valence-electron chi connectivity index (χ1n) is 17.4. The lowest BCUT2D eigenvalue weighted by Gasteiger charge is -2.32. The van der Waals surface area contributed by atoms with Crippen LogP contribution >= 0.6 is 0 Å². The molecule has 0 spiro atoms. The first-order valence-corrected chi connectivity index (χ1v) is 17.4. The summed E-state index contributed by atoms with van der Waals surface area (Å²) in [5.74, 6) is -2.23. The monoisotopic (exact) mass is 686 g/mol. The van der Waals surface area contributed by atoms with Gasteiger partial charge in [0.2, 0.25) is 11.8 Å². The minimum atomic E-state index is -1.17. The Morgan fingerprint density at radius 3 is 2.18 bits per heavy atom. The molecule has 49 heavy (non-hydrogen) atoms. The van der Waals surface area contributed by atoms with Crippen molar-refractivity contribution in [2.75, 3.05) is 39.3 Å². The van der Waals surface area contributed by atoms with Crippen LogP contribution in [0.25, 0.3) is 0 Å². The lowest BCUT2D eigenvalue weighted by Crippen LogP contribution is -2.46. The van der Waals surface area contributed by atoms with Crippen molar-refractivity contribution in [3.05, 3.63) is 70.3 Å². The number of carbonyl (C=O) groups is 4. The zero-order valence-electron chi connectivity index (χ0n) is 29.0. The molecule has 1 fully saturated rings. The summed E-state index contributed by atoms with van der Waals surface area (Å²) in [5.41, 5.74) is 1.54. The smallest absolute Gasteiger partial charge is 0.253 e. The summed E-state index contributed by atoms with van der Waals surface area (Å²) in [6.45, 7) is 8.10. The van der Waals surface area contributed by atoms with Crippen LogP contribution in [0.2, 0.25) is 0 Å². The normalized spacial score (nSPS) is 14.6. The second kappa shape index (κ2) is 19.9. The molecule has 2 aromatic rings. The number of piperidine rings is 1. The van der Waals surface area contributed by atoms with Crippen molar-refractivity contribution in [2.24, 2.45) is 5.92 Å². The molecule has 1 aliphatic rings. The van der Waals surface area contributed by atoms with Crippen molar-refractivity contribution in [1.82, 2.24) is 20.4 Å². The summed E-state index contributed by atoms with van der Waals surface area (Å²) in [5, 5.41) is 25.8. The Hall–Kier alpha value is -3.90. The summed E-state index contributed by atoms with van der Waals surface area (Å²) in [6, 6.07) is 6.96. The third-order valence-electron chi connectivity index (χ3n) is 8.85. The van der Waals surface area contributed by atoms with Gasteiger partial charge in [-0.2, -0.15) is 0 Å². The minimum Gasteiger partial charge on any atom is -0.396 e. The van der Waals surface area contributed by atoms with E-state index in [0.717, 1.165) is 43.9 Å². The molecular formula is C37H52F2N4O6. The van der Waals surface area contributed by atoms with Gasteiger partial charge in [0.25, 0.3) is 11.8 Å². The van der Waals surface area contributed by atoms with Gasteiger partial charge in [-0.05, 0) is 99.2 Å². The van der Waals surface area contributed by atoms with E-state index in [4.69, 9.17) is 5.11 Å². The number of hydrogen-bond donors (Lipinski definition) is 4. The molecule has 0 saturated carbocycles. The summed E-state index contributed by atoms with van der Waals surface area (Å²) < 4.78 is 28.1. The van der Waals surface area contributed by atoms with E-state index in [9.17, 15) is 33.1 Å². The van der Waals surface area contributed by atoms with E-state index in [1.165, 1.54) is 6.07 Å². The van der Waals surface area contributed by atoms with Crippen LogP contribution in [0.15, 0.2) is 36.4 Å². The molecule has 1 heterocycles. The van der Waals surface area contributed by atoms with Crippen LogP contribution in [-0.4, -0.2) is 95.1 Å². The molecule has 0 radical (unpaired) electrons. The fraction of sp³-hybridized carbons (Fsp3) is 0.568. The van der Waals surface area contributed by atoms with Crippen molar-refractivity contribution >= 4 is 23.6 Å². The third kappa shape index (κ3) is 12.8. The molecule has 4 N–H and O–H groups in total. The van der Waals surface area contributed by atoms with E-state index in [0.29, 0.717) is 49.6 Å². The van der Waals surface area contributed by atoms with E-state index >= 15 is 0 Å². The maximum absolute atomic E-state index is 14.0. The van der Waals surface area contributed by atoms with Gasteiger partial charge in [-0.15, -0.1) is 0 Å². The molecule has 0 unspecified atom stereocenters. The quantitative estimate of drug-likeness (QED) is 0.186. The Balaban J connectivity index is 1.63. The second-order valence-corrected chi connectivity index (χ2v) is 13.0. The fourth-order valence-electron chi connectivity index (χ4n) is 6.30. The number of aryl methyl sites for hydroxylation is 1. The molecule has 2 aromatic carbocycles.